The first kappa shape index (κ1) is 90.2. The van der Waals surface area contributed by atoms with E-state index < -0.39 is 57.2 Å². The molecule has 4 N–H and O–H groups in total. The van der Waals surface area contributed by atoms with Crippen molar-refractivity contribution < 1.29 is 60.0 Å². The molecule has 4 aliphatic heterocycles. The third kappa shape index (κ3) is 21.2. The molecule has 32 heteroatoms. The number of carbonyl (C=O) groups excluding carboxylic acids is 2. The average Bonchev–Trinajstić information content (AvgIpc) is 0.998. The van der Waals surface area contributed by atoms with E-state index in [1.807, 2.05) is 73.7 Å². The molecule has 2 fully saturated rings. The number of rotatable bonds is 25. The maximum absolute atomic E-state index is 14.1. The highest BCUT2D eigenvalue weighted by atomic mass is 35.5. The molecule has 0 bridgehead atoms. The van der Waals surface area contributed by atoms with Gasteiger partial charge < -0.3 is 43.5 Å². The van der Waals surface area contributed by atoms with Gasteiger partial charge in [0, 0.05) is 164 Å². The number of nitrogens with zero attached hydrogens (tertiary/aromatic N) is 9. The summed E-state index contributed by atoms with van der Waals surface area (Å²) in [4.78, 5) is 79.5. The van der Waals surface area contributed by atoms with E-state index in [9.17, 15) is 46.7 Å². The van der Waals surface area contributed by atoms with Crippen LogP contribution in [0.25, 0.3) is 33.2 Å². The lowest BCUT2D eigenvalue weighted by Gasteiger charge is -2.39. The number of aromatic nitrogens is 5. The number of halogens is 2. The van der Waals surface area contributed by atoms with E-state index >= 15 is 0 Å². The van der Waals surface area contributed by atoms with Gasteiger partial charge in [0.25, 0.3) is 43.2 Å². The Kier molecular flexibility index (Phi) is 26.2. The molecule has 2 aliphatic carbocycles. The van der Waals surface area contributed by atoms with Gasteiger partial charge in [-0.3, -0.25) is 44.6 Å². The third-order valence-electron chi connectivity index (χ3n) is 25.6. The van der Waals surface area contributed by atoms with Crippen LogP contribution in [0.2, 0.25) is 10.0 Å². The molecule has 2 atom stereocenters. The number of aromatic amines is 2. The van der Waals surface area contributed by atoms with E-state index in [0.717, 1.165) is 152 Å². The zero-order chi connectivity index (χ0) is 91.6. The number of benzene rings is 7. The molecular formula is C99H101Cl2N13O15S2. The Bertz CT molecular complexity index is 6670. The number of piperazine rings is 2. The molecule has 0 radical (unpaired) electrons. The number of methoxy groups -OCH3 is 1. The van der Waals surface area contributed by atoms with Crippen LogP contribution in [0.1, 0.15) is 126 Å². The van der Waals surface area contributed by atoms with Crippen molar-refractivity contribution in [1.29, 1.82) is 0 Å². The number of pyridine rings is 3. The molecule has 18 rings (SSSR count). The molecule has 2 amide bonds. The standard InChI is InChI=1S/C50H51ClN6O7S.C49H50ClN7O8S/c1-32-4-6-33(7-5-32)22-34-23-43-45(57(59)60)26-41(27-46(43)63-31-34)65(61,62)54-49(58)42-13-12-39(25-47(42)64-40-24-36-15-17-52-48(36)53-29-40)56-20-18-55(19-21-56)30-37-14-16-50(2,3)28-44(37)35-8-10-38(51)11-9-35;1-49(2)14-12-34(43(26-49)32-4-6-35(50)7-5-32)29-55-16-18-56(19-17-55)37-9-11-41(46(23-37)65-39-22-33-13-15-51-47(33)53-28-39)48(58)54-66(61,62)40-24-44(57(59)60)42-21-31(30-64-45(42)25-40)20-36-8-10-38(63-3)27-52-36/h4-13,15,17,24-27,29,34H,14,16,18-23,28,30-31H2,1-3H3,(H,52,53)(H,54,58);4-11,13,15,22-25,27-28,31H,12,14,16-21,26,29-30H2,1-3H3,(H,51,53)(H,54,58)/t34-;/m0./s1. The largest absolute Gasteiger partial charge is 0.495 e. The van der Waals surface area contributed by atoms with Crippen molar-refractivity contribution >= 4 is 111 Å². The van der Waals surface area contributed by atoms with Crippen LogP contribution in [0, 0.1) is 49.8 Å². The maximum atomic E-state index is 14.1. The monoisotopic (exact) mass is 1850 g/mol. The van der Waals surface area contributed by atoms with E-state index in [-0.39, 0.29) is 87.7 Å². The zero-order valence-electron chi connectivity index (χ0n) is 73.5. The van der Waals surface area contributed by atoms with Crippen LogP contribution in [-0.2, 0) is 45.7 Å². The molecular weight excluding hydrogens is 1750 g/mol. The van der Waals surface area contributed by atoms with Crippen molar-refractivity contribution in [3.63, 3.8) is 0 Å². The number of hydrogen-bond donors (Lipinski definition) is 4. The Morgan fingerprint density at radius 2 is 0.962 bits per heavy atom. The van der Waals surface area contributed by atoms with Crippen molar-refractivity contribution in [3.8, 4) is 40.2 Å². The molecule has 678 valence electrons. The number of allylic oxidation sites excluding steroid dienone is 2. The van der Waals surface area contributed by atoms with Crippen molar-refractivity contribution in [2.24, 2.45) is 22.7 Å². The Morgan fingerprint density at radius 3 is 1.38 bits per heavy atom. The lowest BCUT2D eigenvalue weighted by Crippen LogP contribution is -2.47. The number of carbonyl (C=O) groups is 2. The molecule has 7 aromatic carbocycles. The first-order chi connectivity index (χ1) is 62.9. The van der Waals surface area contributed by atoms with Crippen LogP contribution >= 0.6 is 23.2 Å². The first-order valence-corrected chi connectivity index (χ1v) is 47.5. The maximum Gasteiger partial charge on any atom is 0.277 e. The number of ether oxygens (including phenoxy) is 5. The van der Waals surface area contributed by atoms with Crippen LogP contribution in [0.5, 0.6) is 40.2 Å². The Labute approximate surface area is 769 Å². The Balaban J connectivity index is 0.000000183. The van der Waals surface area contributed by atoms with E-state index in [0.29, 0.717) is 66.5 Å². The topological polar surface area (TPSA) is 342 Å². The fourth-order valence-electron chi connectivity index (χ4n) is 18.3. The Hall–Kier alpha value is -12.7. The summed E-state index contributed by atoms with van der Waals surface area (Å²) < 4.78 is 89.9. The van der Waals surface area contributed by atoms with Gasteiger partial charge in [-0.1, -0.05) is 116 Å². The summed E-state index contributed by atoms with van der Waals surface area (Å²) in [7, 11) is -7.75. The van der Waals surface area contributed by atoms with Crippen molar-refractivity contribution in [3.05, 3.63) is 292 Å². The second-order valence-electron chi connectivity index (χ2n) is 36.2. The number of H-pyrrole nitrogens is 2. The highest BCUT2D eigenvalue weighted by Gasteiger charge is 2.38. The van der Waals surface area contributed by atoms with Crippen molar-refractivity contribution in [1.82, 2.24) is 44.2 Å². The minimum Gasteiger partial charge on any atom is -0.495 e. The predicted molar refractivity (Wildman–Crippen MR) is 505 cm³/mol. The van der Waals surface area contributed by atoms with Gasteiger partial charge in [-0.15, -0.1) is 0 Å². The first-order valence-electron chi connectivity index (χ1n) is 43.8. The van der Waals surface area contributed by atoms with Crippen molar-refractivity contribution in [2.75, 3.05) is 95.6 Å². The second-order valence-corrected chi connectivity index (χ2v) is 40.4. The normalized spacial score (nSPS) is 17.6. The lowest BCUT2D eigenvalue weighted by molar-refractivity contribution is -0.386. The van der Waals surface area contributed by atoms with Crippen molar-refractivity contribution in [2.45, 2.75) is 109 Å². The molecule has 5 aromatic heterocycles. The highest BCUT2D eigenvalue weighted by molar-refractivity contribution is 7.90. The molecule has 131 heavy (non-hydrogen) atoms. The summed E-state index contributed by atoms with van der Waals surface area (Å²) in [5.74, 6) is -0.453. The summed E-state index contributed by atoms with van der Waals surface area (Å²) in [6, 6.07) is 49.8. The number of nitro benzene ring substituents is 2. The number of anilines is 2. The van der Waals surface area contributed by atoms with Gasteiger partial charge in [0.15, 0.2) is 0 Å². The van der Waals surface area contributed by atoms with Crippen LogP contribution in [0.15, 0.2) is 222 Å². The predicted octanol–water partition coefficient (Wildman–Crippen LogP) is 18.9. The summed E-state index contributed by atoms with van der Waals surface area (Å²) in [5.41, 5.74) is 14.2. The number of hydrogen-bond acceptors (Lipinski definition) is 22. The number of nitro groups is 2. The lowest BCUT2D eigenvalue weighted by atomic mass is 9.72. The number of nitrogens with one attached hydrogen (secondary N) is 4. The van der Waals surface area contributed by atoms with Gasteiger partial charge in [0.1, 0.15) is 51.5 Å². The zero-order valence-corrected chi connectivity index (χ0v) is 76.6. The van der Waals surface area contributed by atoms with Crippen LogP contribution in [0.4, 0.5) is 22.7 Å². The smallest absolute Gasteiger partial charge is 0.277 e. The molecule has 0 saturated carbocycles. The number of aryl methyl sites for hydroxylation is 1. The van der Waals surface area contributed by atoms with Crippen LogP contribution in [0.3, 0.4) is 0 Å². The number of fused-ring (bicyclic) bond motifs is 4. The van der Waals surface area contributed by atoms with Gasteiger partial charge in [0.2, 0.25) is 0 Å². The highest BCUT2D eigenvalue weighted by Crippen LogP contribution is 2.48. The van der Waals surface area contributed by atoms with Gasteiger partial charge >= 0.3 is 0 Å². The molecule has 6 aliphatic rings. The SMILES string of the molecule is COc1ccc(CC2COc3cc(S(=O)(=O)NC(=O)c4ccc(N5CCN(CC6=C(c7ccc(Cl)cc7)CC(C)(C)CC6)CC5)cc4Oc4cnc5[nH]ccc5c4)cc([N+](=O)[O-])c3C2)nc1.Cc1ccc(C[C@@H]2COc3cc(S(=O)(=O)NC(=O)c4ccc(N5CCN(CC6=C(c7ccc(Cl)cc7)CC(C)(C)CC6)CC5)cc4Oc4cnc5[nH]ccc5c4)cc([N+](=O)[O-])c3C2)cc1. The van der Waals surface area contributed by atoms with Gasteiger partial charge in [-0.25, -0.2) is 36.2 Å². The summed E-state index contributed by atoms with van der Waals surface area (Å²) in [6.07, 6.45) is 16.2. The molecule has 28 nitrogen and oxygen atoms in total. The minimum absolute atomic E-state index is 0.0466. The molecule has 0 spiro atoms. The number of amides is 2. The van der Waals surface area contributed by atoms with Gasteiger partial charge in [-0.2, -0.15) is 0 Å². The Morgan fingerprint density at radius 1 is 0.527 bits per heavy atom. The third-order valence-corrected chi connectivity index (χ3v) is 28.7. The van der Waals surface area contributed by atoms with Gasteiger partial charge in [0.05, 0.1) is 80.8 Å². The van der Waals surface area contributed by atoms with Crippen LogP contribution < -0.4 is 42.9 Å². The summed E-state index contributed by atoms with van der Waals surface area (Å²) >= 11 is 12.5. The molecule has 2 saturated heterocycles. The second kappa shape index (κ2) is 38.0. The van der Waals surface area contributed by atoms with Crippen LogP contribution in [-0.4, -0.2) is 159 Å². The van der Waals surface area contributed by atoms with E-state index in [1.54, 1.807) is 74.2 Å². The van der Waals surface area contributed by atoms with Gasteiger partial charge in [-0.05, 0) is 195 Å². The van der Waals surface area contributed by atoms with E-state index in [4.69, 9.17) is 46.9 Å². The molecule has 12 aromatic rings. The fraction of sp³-hybridized carbons (Fsp3) is 0.323. The summed E-state index contributed by atoms with van der Waals surface area (Å²) in [6.45, 7) is 19.6. The van der Waals surface area contributed by atoms with E-state index in [1.165, 1.54) is 64.0 Å². The summed E-state index contributed by atoms with van der Waals surface area (Å²) in [5, 5.41) is 27.8. The average molecular weight is 1850 g/mol. The fourth-order valence-corrected chi connectivity index (χ4v) is 20.6. The number of sulfonamides is 2. The minimum atomic E-state index is -4.66. The molecule has 9 heterocycles. The molecule has 1 unspecified atom stereocenters. The quantitative estimate of drug-likeness (QED) is 0.0305. The van der Waals surface area contributed by atoms with E-state index in [2.05, 4.69) is 106 Å².